The van der Waals surface area contributed by atoms with Crippen LogP contribution in [0.15, 0.2) is 5.16 Å². The van der Waals surface area contributed by atoms with E-state index >= 15 is 0 Å². The van der Waals surface area contributed by atoms with Gasteiger partial charge in [0.15, 0.2) is 0 Å². The van der Waals surface area contributed by atoms with Crippen LogP contribution in [0.3, 0.4) is 0 Å². The predicted octanol–water partition coefficient (Wildman–Crippen LogP) is 0.798. The van der Waals surface area contributed by atoms with Gasteiger partial charge in [-0.3, -0.25) is 0 Å². The first-order chi connectivity index (χ1) is 4.92. The predicted molar refractivity (Wildman–Crippen MR) is 36.9 cm³/mol. The number of nitrogens with zero attached hydrogens (tertiary/aromatic N) is 1. The zero-order valence-corrected chi connectivity index (χ0v) is 6.04. The van der Waals surface area contributed by atoms with Crippen molar-refractivity contribution in [1.29, 1.82) is 0 Å². The minimum Gasteiger partial charge on any atom is -0.395 e. The minimum atomic E-state index is 0.362. The lowest BCUT2D eigenvalue weighted by Gasteiger charge is -2.09. The quantitative estimate of drug-likeness (QED) is 0.540. The molecule has 0 aromatic rings. The van der Waals surface area contributed by atoms with Crippen molar-refractivity contribution in [2.45, 2.75) is 19.4 Å². The second kappa shape index (κ2) is 2.23. The van der Waals surface area contributed by atoms with Crippen molar-refractivity contribution < 1.29 is 9.57 Å². The third-order valence-corrected chi connectivity index (χ3v) is 2.16. The molecule has 0 bridgehead atoms. The maximum absolute atomic E-state index is 5.46. The Morgan fingerprint density at radius 1 is 1.70 bits per heavy atom. The van der Waals surface area contributed by atoms with E-state index in [2.05, 4.69) is 12.1 Å². The first kappa shape index (κ1) is 6.16. The summed E-state index contributed by atoms with van der Waals surface area (Å²) in [5.41, 5.74) is 1.10. The van der Waals surface area contributed by atoms with Crippen molar-refractivity contribution in [3.05, 3.63) is 0 Å². The van der Waals surface area contributed by atoms with E-state index in [1.165, 1.54) is 0 Å². The lowest BCUT2D eigenvalue weighted by molar-refractivity contribution is 0.0495. The monoisotopic (exact) mass is 141 g/mol. The number of hydrogen-bond acceptors (Lipinski definition) is 3. The molecule has 0 saturated carbocycles. The molecule has 0 spiro atoms. The normalized spacial score (nSPS) is 37.1. The maximum Gasteiger partial charge on any atom is 0.127 e. The molecule has 2 rings (SSSR count). The molecule has 10 heavy (non-hydrogen) atoms. The van der Waals surface area contributed by atoms with E-state index in [-0.39, 0.29) is 0 Å². The number of oxime groups is 1. The van der Waals surface area contributed by atoms with E-state index < -0.39 is 0 Å². The van der Waals surface area contributed by atoms with E-state index in [0.717, 1.165) is 18.7 Å². The lowest BCUT2D eigenvalue weighted by Crippen LogP contribution is -2.19. The molecule has 1 fully saturated rings. The van der Waals surface area contributed by atoms with Crippen LogP contribution in [0.2, 0.25) is 0 Å². The molecule has 2 atom stereocenters. The highest BCUT2D eigenvalue weighted by atomic mass is 16.6. The van der Waals surface area contributed by atoms with Gasteiger partial charge in [0.25, 0.3) is 0 Å². The smallest absolute Gasteiger partial charge is 0.127 e. The minimum absolute atomic E-state index is 0.362. The standard InChI is InChI=1S/C7H11NO2/c1-2-7-5-3-10-8-6(5)4-9-7/h5,7H,2-4H2,1H3/t5-,7+/m0/s1. The van der Waals surface area contributed by atoms with Gasteiger partial charge in [-0.05, 0) is 6.42 Å². The fourth-order valence-corrected chi connectivity index (χ4v) is 1.53. The first-order valence-corrected chi connectivity index (χ1v) is 3.72. The second-order valence-electron chi connectivity index (χ2n) is 2.74. The number of fused-ring (bicyclic) bond motifs is 1. The average molecular weight is 141 g/mol. The zero-order chi connectivity index (χ0) is 6.97. The fourth-order valence-electron chi connectivity index (χ4n) is 1.53. The molecule has 0 radical (unpaired) electrons. The van der Waals surface area contributed by atoms with Crippen LogP contribution < -0.4 is 0 Å². The van der Waals surface area contributed by atoms with Gasteiger partial charge in [0.2, 0.25) is 0 Å². The summed E-state index contributed by atoms with van der Waals surface area (Å²) in [7, 11) is 0. The highest BCUT2D eigenvalue weighted by Gasteiger charge is 2.37. The molecule has 3 nitrogen and oxygen atoms in total. The van der Waals surface area contributed by atoms with Crippen LogP contribution in [0.4, 0.5) is 0 Å². The van der Waals surface area contributed by atoms with Crippen molar-refractivity contribution in [3.63, 3.8) is 0 Å². The van der Waals surface area contributed by atoms with Gasteiger partial charge in [-0.2, -0.15) is 0 Å². The number of hydrogen-bond donors (Lipinski definition) is 0. The summed E-state index contributed by atoms with van der Waals surface area (Å²) in [5, 5.41) is 3.89. The first-order valence-electron chi connectivity index (χ1n) is 3.72. The Morgan fingerprint density at radius 2 is 2.60 bits per heavy atom. The van der Waals surface area contributed by atoms with Gasteiger partial charge in [0.05, 0.1) is 24.3 Å². The highest BCUT2D eigenvalue weighted by molar-refractivity contribution is 5.90. The van der Waals surface area contributed by atoms with Crippen LogP contribution >= 0.6 is 0 Å². The SMILES string of the molecule is CC[C@H]1OCC2=NOC[C@@H]21. The summed E-state index contributed by atoms with van der Waals surface area (Å²) < 4.78 is 5.46. The molecule has 0 aliphatic carbocycles. The maximum atomic E-state index is 5.46. The number of ether oxygens (including phenoxy) is 1. The van der Waals surface area contributed by atoms with Crippen LogP contribution in [0.25, 0.3) is 0 Å². The Morgan fingerprint density at radius 3 is 3.40 bits per heavy atom. The van der Waals surface area contributed by atoms with E-state index in [4.69, 9.17) is 9.57 Å². The van der Waals surface area contributed by atoms with E-state index in [1.54, 1.807) is 0 Å². The molecular formula is C7H11NO2. The van der Waals surface area contributed by atoms with Gasteiger partial charge in [0, 0.05) is 0 Å². The zero-order valence-electron chi connectivity index (χ0n) is 6.04. The van der Waals surface area contributed by atoms with Crippen molar-refractivity contribution >= 4 is 5.71 Å². The van der Waals surface area contributed by atoms with E-state index in [1.807, 2.05) is 0 Å². The van der Waals surface area contributed by atoms with Crippen molar-refractivity contribution in [2.24, 2.45) is 11.1 Å². The molecule has 0 amide bonds. The summed E-state index contributed by atoms with van der Waals surface area (Å²) >= 11 is 0. The van der Waals surface area contributed by atoms with Crippen LogP contribution in [0.1, 0.15) is 13.3 Å². The van der Waals surface area contributed by atoms with Gasteiger partial charge in [-0.15, -0.1) is 0 Å². The van der Waals surface area contributed by atoms with Gasteiger partial charge >= 0.3 is 0 Å². The molecule has 56 valence electrons. The molecule has 3 heteroatoms. The van der Waals surface area contributed by atoms with Gasteiger partial charge in [-0.1, -0.05) is 12.1 Å². The average Bonchev–Trinajstić information content (AvgIpc) is 2.44. The Balaban J connectivity index is 2.11. The lowest BCUT2D eigenvalue weighted by atomic mass is 10.00. The third-order valence-electron chi connectivity index (χ3n) is 2.16. The second-order valence-corrected chi connectivity index (χ2v) is 2.74. The molecular weight excluding hydrogens is 130 g/mol. The van der Waals surface area contributed by atoms with E-state index in [9.17, 15) is 0 Å². The summed E-state index contributed by atoms with van der Waals surface area (Å²) in [5.74, 6) is 0.463. The van der Waals surface area contributed by atoms with Crippen LogP contribution in [-0.4, -0.2) is 25.0 Å². The number of rotatable bonds is 1. The Kier molecular flexibility index (Phi) is 1.38. The van der Waals surface area contributed by atoms with Gasteiger partial charge in [-0.25, -0.2) is 0 Å². The molecule has 2 heterocycles. The Hall–Kier alpha value is -0.570. The highest BCUT2D eigenvalue weighted by Crippen LogP contribution is 2.25. The fraction of sp³-hybridized carbons (Fsp3) is 0.857. The van der Waals surface area contributed by atoms with Crippen molar-refractivity contribution in [2.75, 3.05) is 13.2 Å². The topological polar surface area (TPSA) is 30.8 Å². The summed E-state index contributed by atoms with van der Waals surface area (Å²) in [4.78, 5) is 4.95. The molecule has 0 aromatic carbocycles. The van der Waals surface area contributed by atoms with Crippen LogP contribution in [0, 0.1) is 5.92 Å². The van der Waals surface area contributed by atoms with Gasteiger partial charge < -0.3 is 9.57 Å². The molecule has 0 aromatic heterocycles. The molecule has 2 aliphatic rings. The summed E-state index contributed by atoms with van der Waals surface area (Å²) in [6.07, 6.45) is 1.42. The van der Waals surface area contributed by atoms with Crippen molar-refractivity contribution in [1.82, 2.24) is 0 Å². The third kappa shape index (κ3) is 0.736. The Labute approximate surface area is 60.0 Å². The van der Waals surface area contributed by atoms with Gasteiger partial charge in [0.1, 0.15) is 6.61 Å². The molecule has 0 unspecified atom stereocenters. The summed E-state index contributed by atoms with van der Waals surface area (Å²) in [6.45, 7) is 3.54. The van der Waals surface area contributed by atoms with E-state index in [0.29, 0.717) is 18.6 Å². The van der Waals surface area contributed by atoms with Crippen LogP contribution in [-0.2, 0) is 9.57 Å². The van der Waals surface area contributed by atoms with Crippen molar-refractivity contribution in [3.8, 4) is 0 Å². The molecule has 0 N–H and O–H groups in total. The van der Waals surface area contributed by atoms with Crippen LogP contribution in [0.5, 0.6) is 0 Å². The molecule has 1 saturated heterocycles. The summed E-state index contributed by atoms with van der Waals surface area (Å²) in [6, 6.07) is 0. The largest absolute Gasteiger partial charge is 0.395 e. The Bertz CT molecular complexity index is 167. The molecule has 2 aliphatic heterocycles.